The maximum absolute atomic E-state index is 12.8. The highest BCUT2D eigenvalue weighted by Gasteiger charge is 2.39. The minimum Gasteiger partial charge on any atom is -0.382 e. The Morgan fingerprint density at radius 1 is 1.30 bits per heavy atom. The Balaban J connectivity index is 2.05. The van der Waals surface area contributed by atoms with Crippen LogP contribution in [-0.2, 0) is 13.1 Å². The molecule has 2 aromatic heterocycles. The molecule has 0 saturated carbocycles. The number of aliphatic hydroxyl groups is 1. The maximum atomic E-state index is 12.8. The molecule has 0 radical (unpaired) electrons. The fraction of sp³-hybridized carbons (Fsp3) is 0.286. The Bertz CT molecular complexity index is 994. The highest BCUT2D eigenvalue weighted by molar-refractivity contribution is 6.30. The van der Waals surface area contributed by atoms with Gasteiger partial charge in [0.05, 0.1) is 6.54 Å². The lowest BCUT2D eigenvalue weighted by atomic mass is 10.2. The normalized spacial score (nSPS) is 13.1. The first-order valence-electron chi connectivity index (χ1n) is 7.50. The van der Waals surface area contributed by atoms with Crippen LogP contribution in [0.4, 0.5) is 19.1 Å². The van der Waals surface area contributed by atoms with E-state index in [9.17, 15) is 23.1 Å². The first-order valence-corrected chi connectivity index (χ1v) is 7.88. The molecule has 0 aliphatic carbocycles. The van der Waals surface area contributed by atoms with Gasteiger partial charge in [-0.3, -0.25) is 9.67 Å². The van der Waals surface area contributed by atoms with Gasteiger partial charge in [-0.05, 0) is 24.3 Å². The third-order valence-corrected chi connectivity index (χ3v) is 3.86. The van der Waals surface area contributed by atoms with Gasteiger partial charge in [0, 0.05) is 10.6 Å². The molecule has 3 rings (SSSR count). The summed E-state index contributed by atoms with van der Waals surface area (Å²) in [5.41, 5.74) is 4.87. The zero-order chi connectivity index (χ0) is 19.8. The van der Waals surface area contributed by atoms with Crippen molar-refractivity contribution >= 4 is 17.5 Å². The number of nitrogen functional groups attached to an aromatic ring is 1. The number of aliphatic hydroxyl groups excluding tert-OH is 1. The van der Waals surface area contributed by atoms with Gasteiger partial charge in [0.1, 0.15) is 12.4 Å². The minimum atomic E-state index is -4.89. The molecular formula is C14H13ClF3N7O2. The Morgan fingerprint density at radius 3 is 2.52 bits per heavy atom. The van der Waals surface area contributed by atoms with Gasteiger partial charge in [-0.15, -0.1) is 10.2 Å². The summed E-state index contributed by atoms with van der Waals surface area (Å²) in [5.74, 6) is 0.0774. The van der Waals surface area contributed by atoms with Crippen molar-refractivity contribution in [1.82, 2.24) is 29.5 Å². The van der Waals surface area contributed by atoms with Gasteiger partial charge in [0.15, 0.2) is 11.9 Å². The molecule has 4 N–H and O–H groups in total. The average molecular weight is 404 g/mol. The van der Waals surface area contributed by atoms with E-state index in [1.165, 1.54) is 24.3 Å². The average Bonchev–Trinajstić information content (AvgIpc) is 3.13. The van der Waals surface area contributed by atoms with Crippen LogP contribution >= 0.6 is 11.6 Å². The molecule has 27 heavy (non-hydrogen) atoms. The van der Waals surface area contributed by atoms with Crippen molar-refractivity contribution in [2.24, 2.45) is 0 Å². The fourth-order valence-electron chi connectivity index (χ4n) is 2.32. The second-order valence-electron chi connectivity index (χ2n) is 5.58. The molecular weight excluding hydrogens is 391 g/mol. The lowest BCUT2D eigenvalue weighted by Gasteiger charge is -2.15. The van der Waals surface area contributed by atoms with E-state index in [1.807, 2.05) is 0 Å². The number of nitrogens with two attached hydrogens (primary N) is 1. The van der Waals surface area contributed by atoms with E-state index in [0.29, 0.717) is 10.6 Å². The van der Waals surface area contributed by atoms with E-state index >= 15 is 0 Å². The number of aromatic nitrogens is 6. The number of hydrogen-bond donors (Lipinski definition) is 3. The molecule has 1 atom stereocenters. The molecule has 0 saturated heterocycles. The number of aromatic amines is 1. The molecule has 0 amide bonds. The van der Waals surface area contributed by atoms with Crippen molar-refractivity contribution in [2.75, 3.05) is 5.73 Å². The Kier molecular flexibility index (Phi) is 4.93. The zero-order valence-corrected chi connectivity index (χ0v) is 14.2. The number of benzene rings is 1. The molecule has 1 aromatic carbocycles. The zero-order valence-electron chi connectivity index (χ0n) is 13.5. The number of nitrogens with zero attached hydrogens (tertiary/aromatic N) is 5. The van der Waals surface area contributed by atoms with Gasteiger partial charge in [0.25, 0.3) is 0 Å². The van der Waals surface area contributed by atoms with E-state index in [-0.39, 0.29) is 24.1 Å². The van der Waals surface area contributed by atoms with Gasteiger partial charge in [-0.25, -0.2) is 9.48 Å². The number of rotatable bonds is 5. The number of H-pyrrole nitrogens is 1. The fourth-order valence-corrected chi connectivity index (χ4v) is 2.45. The Morgan fingerprint density at radius 2 is 1.96 bits per heavy atom. The molecule has 2 heterocycles. The molecule has 0 aliphatic heterocycles. The van der Waals surface area contributed by atoms with Crippen LogP contribution in [0.3, 0.4) is 0 Å². The number of alkyl halides is 3. The first kappa shape index (κ1) is 18.9. The monoisotopic (exact) mass is 403 g/mol. The molecule has 0 bridgehead atoms. The van der Waals surface area contributed by atoms with Gasteiger partial charge in [-0.1, -0.05) is 11.6 Å². The summed E-state index contributed by atoms with van der Waals surface area (Å²) in [5, 5.41) is 20.0. The van der Waals surface area contributed by atoms with Gasteiger partial charge >= 0.3 is 11.9 Å². The van der Waals surface area contributed by atoms with Crippen molar-refractivity contribution in [3.8, 4) is 11.4 Å². The maximum Gasteiger partial charge on any atom is 0.416 e. The van der Waals surface area contributed by atoms with E-state index in [2.05, 4.69) is 20.3 Å². The molecule has 0 spiro atoms. The van der Waals surface area contributed by atoms with Gasteiger partial charge < -0.3 is 10.8 Å². The van der Waals surface area contributed by atoms with Crippen LogP contribution in [0.1, 0.15) is 5.82 Å². The van der Waals surface area contributed by atoms with Crippen molar-refractivity contribution in [2.45, 2.75) is 25.4 Å². The lowest BCUT2D eigenvalue weighted by molar-refractivity contribution is -0.207. The van der Waals surface area contributed by atoms with E-state index in [1.54, 1.807) is 0 Å². The molecule has 9 nitrogen and oxygen atoms in total. The quantitative estimate of drug-likeness (QED) is 0.584. The molecule has 13 heteroatoms. The molecule has 3 aromatic rings. The topological polar surface area (TPSA) is 128 Å². The summed E-state index contributed by atoms with van der Waals surface area (Å²) in [7, 11) is 0. The van der Waals surface area contributed by atoms with Gasteiger partial charge in [0.2, 0.25) is 5.95 Å². The number of anilines is 1. The van der Waals surface area contributed by atoms with Crippen molar-refractivity contribution < 1.29 is 18.3 Å². The van der Waals surface area contributed by atoms with Crippen LogP contribution in [0.25, 0.3) is 11.4 Å². The van der Waals surface area contributed by atoms with Crippen LogP contribution in [0.15, 0.2) is 29.1 Å². The number of hydrogen-bond acceptors (Lipinski definition) is 6. The molecule has 144 valence electrons. The molecule has 0 fully saturated rings. The molecule has 1 unspecified atom stereocenters. The van der Waals surface area contributed by atoms with Crippen LogP contribution in [-0.4, -0.2) is 46.9 Å². The first-order chi connectivity index (χ1) is 12.6. The van der Waals surface area contributed by atoms with Crippen LogP contribution in [0.5, 0.6) is 0 Å². The van der Waals surface area contributed by atoms with E-state index < -0.39 is 24.5 Å². The number of nitrogens with one attached hydrogen (secondary N) is 1. The van der Waals surface area contributed by atoms with E-state index in [4.69, 9.17) is 17.3 Å². The number of halogens is 4. The van der Waals surface area contributed by atoms with E-state index in [0.717, 1.165) is 9.25 Å². The highest BCUT2D eigenvalue weighted by atomic mass is 35.5. The summed E-state index contributed by atoms with van der Waals surface area (Å²) in [6.45, 7) is -1.21. The predicted octanol–water partition coefficient (Wildman–Crippen LogP) is 1.04. The second kappa shape index (κ2) is 7.04. The summed E-state index contributed by atoms with van der Waals surface area (Å²) in [6, 6.07) is 6.00. The smallest absolute Gasteiger partial charge is 0.382 e. The highest BCUT2D eigenvalue weighted by Crippen LogP contribution is 2.24. The van der Waals surface area contributed by atoms with Crippen LogP contribution in [0, 0.1) is 0 Å². The predicted molar refractivity (Wildman–Crippen MR) is 88.9 cm³/mol. The third-order valence-electron chi connectivity index (χ3n) is 3.61. The minimum absolute atomic E-state index is 0.0529. The van der Waals surface area contributed by atoms with Crippen molar-refractivity contribution in [1.29, 1.82) is 0 Å². The largest absolute Gasteiger partial charge is 0.416 e. The molecule has 0 aliphatic rings. The van der Waals surface area contributed by atoms with Crippen molar-refractivity contribution in [3.05, 3.63) is 45.6 Å². The lowest BCUT2D eigenvalue weighted by Crippen LogP contribution is -2.37. The summed E-state index contributed by atoms with van der Waals surface area (Å²) < 4.78 is 39.9. The van der Waals surface area contributed by atoms with Crippen LogP contribution in [0.2, 0.25) is 5.02 Å². The van der Waals surface area contributed by atoms with Gasteiger partial charge in [-0.2, -0.15) is 18.2 Å². The van der Waals surface area contributed by atoms with Crippen molar-refractivity contribution in [3.63, 3.8) is 0 Å². The Labute approximate surface area is 154 Å². The third kappa shape index (κ3) is 4.11. The second-order valence-corrected chi connectivity index (χ2v) is 6.02. The summed E-state index contributed by atoms with van der Waals surface area (Å²) >= 11 is 5.82. The summed E-state index contributed by atoms with van der Waals surface area (Å²) in [4.78, 5) is 16.4. The summed E-state index contributed by atoms with van der Waals surface area (Å²) in [6.07, 6.45) is -7.63. The standard InChI is InChI=1S/C14H13ClF3N7O2/c15-8-3-1-7(2-4-8)11-23-25(6-10-20-12(19)22-21-10)13(27)24(11)5-9(26)14(16,17)18/h1-4,9,26H,5-6H2,(H3,19,20,21,22). The SMILES string of the molecule is Nc1n[nH]c(Cn2nc(-c3ccc(Cl)cc3)n(CC(O)C(F)(F)F)c2=O)n1. The van der Waals surface area contributed by atoms with Crippen LogP contribution < -0.4 is 11.4 Å². The Hall–Kier alpha value is -2.86.